The average molecular weight is 245 g/mol. The third-order valence-electron chi connectivity index (χ3n) is 2.73. The van der Waals surface area contributed by atoms with E-state index in [4.69, 9.17) is 5.11 Å². The molecular formula is C13H15N3O2. The first-order valence-corrected chi connectivity index (χ1v) is 5.65. The van der Waals surface area contributed by atoms with Gasteiger partial charge in [0.2, 0.25) is 0 Å². The molecule has 1 unspecified atom stereocenters. The van der Waals surface area contributed by atoms with Crippen molar-refractivity contribution in [2.75, 3.05) is 7.05 Å². The second-order valence-corrected chi connectivity index (χ2v) is 4.06. The molecule has 1 atom stereocenters. The van der Waals surface area contributed by atoms with Crippen molar-refractivity contribution in [3.63, 3.8) is 0 Å². The van der Waals surface area contributed by atoms with E-state index >= 15 is 0 Å². The summed E-state index contributed by atoms with van der Waals surface area (Å²) in [5.74, 6) is -0.0852. The van der Waals surface area contributed by atoms with Crippen molar-refractivity contribution < 1.29 is 9.90 Å². The number of aryl methyl sites for hydroxylation is 1. The number of hydrogen-bond acceptors (Lipinski definition) is 3. The molecule has 18 heavy (non-hydrogen) atoms. The molecule has 1 aromatic carbocycles. The van der Waals surface area contributed by atoms with Crippen molar-refractivity contribution in [1.29, 1.82) is 0 Å². The van der Waals surface area contributed by atoms with E-state index in [2.05, 4.69) is 15.3 Å². The van der Waals surface area contributed by atoms with Gasteiger partial charge in [-0.3, -0.25) is 0 Å². The first-order chi connectivity index (χ1) is 8.60. The highest BCUT2D eigenvalue weighted by Crippen LogP contribution is 2.19. The molecule has 0 spiro atoms. The Kier molecular flexibility index (Phi) is 3.43. The second-order valence-electron chi connectivity index (χ2n) is 4.06. The van der Waals surface area contributed by atoms with Gasteiger partial charge >= 0.3 is 5.97 Å². The molecule has 0 bridgehead atoms. The molecule has 0 aliphatic carbocycles. The topological polar surface area (TPSA) is 78.0 Å². The highest BCUT2D eigenvalue weighted by Gasteiger charge is 2.08. The lowest BCUT2D eigenvalue weighted by atomic mass is 10.1. The van der Waals surface area contributed by atoms with E-state index < -0.39 is 5.97 Å². The summed E-state index contributed by atoms with van der Waals surface area (Å²) in [6.07, 6.45) is 2.76. The van der Waals surface area contributed by atoms with Crippen LogP contribution in [0.1, 0.15) is 17.4 Å². The number of H-pyrrole nitrogens is 1. The van der Waals surface area contributed by atoms with Gasteiger partial charge in [-0.05, 0) is 31.7 Å². The summed E-state index contributed by atoms with van der Waals surface area (Å²) < 4.78 is 0. The number of nitrogens with zero attached hydrogens (tertiary/aromatic N) is 1. The number of imidazole rings is 1. The number of nitrogens with one attached hydrogen (secondary N) is 2. The highest BCUT2D eigenvalue weighted by atomic mass is 16.4. The molecule has 5 heteroatoms. The molecule has 0 radical (unpaired) electrons. The minimum atomic E-state index is -0.950. The van der Waals surface area contributed by atoms with Gasteiger partial charge in [0, 0.05) is 6.08 Å². The standard InChI is InChI=1S/C13H15N3O2/c1-8-15-11-4-3-9(7-12(11)16-8)10(14-2)5-6-13(17)18/h3-7,10,14H,1-2H3,(H,15,16)(H,17,18)/b6-5+. The summed E-state index contributed by atoms with van der Waals surface area (Å²) >= 11 is 0. The van der Waals surface area contributed by atoms with Gasteiger partial charge in [-0.25, -0.2) is 9.78 Å². The Morgan fingerprint density at radius 2 is 2.33 bits per heavy atom. The van der Waals surface area contributed by atoms with E-state index in [0.717, 1.165) is 28.5 Å². The van der Waals surface area contributed by atoms with Crippen LogP contribution in [0.5, 0.6) is 0 Å². The number of benzene rings is 1. The summed E-state index contributed by atoms with van der Waals surface area (Å²) in [6.45, 7) is 1.90. The molecule has 0 amide bonds. The fourth-order valence-corrected chi connectivity index (χ4v) is 1.90. The molecule has 5 nitrogen and oxygen atoms in total. The average Bonchev–Trinajstić information content (AvgIpc) is 2.68. The molecule has 3 N–H and O–H groups in total. The van der Waals surface area contributed by atoms with Crippen molar-refractivity contribution in [2.45, 2.75) is 13.0 Å². The van der Waals surface area contributed by atoms with Crippen LogP contribution >= 0.6 is 0 Å². The van der Waals surface area contributed by atoms with Crippen molar-refractivity contribution in [1.82, 2.24) is 15.3 Å². The van der Waals surface area contributed by atoms with E-state index in [1.54, 1.807) is 13.1 Å². The number of aromatic amines is 1. The maximum Gasteiger partial charge on any atom is 0.328 e. The van der Waals surface area contributed by atoms with Crippen molar-refractivity contribution in [3.8, 4) is 0 Å². The summed E-state index contributed by atoms with van der Waals surface area (Å²) in [6, 6.07) is 5.71. The van der Waals surface area contributed by atoms with Gasteiger partial charge in [0.05, 0.1) is 17.1 Å². The molecule has 0 aliphatic rings. The lowest BCUT2D eigenvalue weighted by Crippen LogP contribution is -2.14. The number of likely N-dealkylation sites (N-methyl/N-ethyl adjacent to an activating group) is 1. The highest BCUT2D eigenvalue weighted by molar-refractivity contribution is 5.80. The smallest absolute Gasteiger partial charge is 0.328 e. The maximum atomic E-state index is 10.5. The van der Waals surface area contributed by atoms with E-state index in [9.17, 15) is 4.79 Å². The zero-order valence-electron chi connectivity index (χ0n) is 10.3. The van der Waals surface area contributed by atoms with Crippen LogP contribution in [0.3, 0.4) is 0 Å². The van der Waals surface area contributed by atoms with Gasteiger partial charge < -0.3 is 15.4 Å². The van der Waals surface area contributed by atoms with Gasteiger partial charge in [0.1, 0.15) is 5.82 Å². The van der Waals surface area contributed by atoms with Crippen molar-refractivity contribution >= 4 is 17.0 Å². The Hall–Kier alpha value is -2.14. The number of carboxylic acids is 1. The van der Waals surface area contributed by atoms with Gasteiger partial charge in [0.25, 0.3) is 0 Å². The van der Waals surface area contributed by atoms with Crippen LogP contribution in [-0.2, 0) is 4.79 Å². The third kappa shape index (κ3) is 2.57. The largest absolute Gasteiger partial charge is 0.478 e. The fourth-order valence-electron chi connectivity index (χ4n) is 1.90. The maximum absolute atomic E-state index is 10.5. The second kappa shape index (κ2) is 5.01. The van der Waals surface area contributed by atoms with Crippen LogP contribution < -0.4 is 5.32 Å². The van der Waals surface area contributed by atoms with Crippen LogP contribution in [0.2, 0.25) is 0 Å². The molecule has 0 saturated carbocycles. The zero-order valence-corrected chi connectivity index (χ0v) is 10.3. The molecule has 1 aromatic heterocycles. The Bertz CT molecular complexity index is 601. The fraction of sp³-hybridized carbons (Fsp3) is 0.231. The van der Waals surface area contributed by atoms with Crippen molar-refractivity contribution in [3.05, 3.63) is 41.7 Å². The minimum absolute atomic E-state index is 0.130. The first-order valence-electron chi connectivity index (χ1n) is 5.65. The number of aromatic nitrogens is 2. The molecule has 0 saturated heterocycles. The monoisotopic (exact) mass is 245 g/mol. The Morgan fingerprint density at radius 1 is 1.56 bits per heavy atom. The molecule has 0 aliphatic heterocycles. The first kappa shape index (κ1) is 12.3. The minimum Gasteiger partial charge on any atom is -0.478 e. The summed E-state index contributed by atoms with van der Waals surface area (Å²) in [4.78, 5) is 18.0. The molecule has 2 rings (SSSR count). The van der Waals surface area contributed by atoms with Crippen LogP contribution in [0.25, 0.3) is 11.0 Å². The molecule has 2 aromatic rings. The van der Waals surface area contributed by atoms with E-state index in [1.165, 1.54) is 0 Å². The van der Waals surface area contributed by atoms with Crippen molar-refractivity contribution in [2.24, 2.45) is 0 Å². The summed E-state index contributed by atoms with van der Waals surface area (Å²) in [5, 5.41) is 11.7. The molecule has 1 heterocycles. The van der Waals surface area contributed by atoms with Gasteiger partial charge in [-0.1, -0.05) is 12.1 Å². The van der Waals surface area contributed by atoms with Crippen LogP contribution in [0.4, 0.5) is 0 Å². The van der Waals surface area contributed by atoms with Gasteiger partial charge in [-0.15, -0.1) is 0 Å². The SMILES string of the molecule is CNC(/C=C/C(=O)O)c1ccc2nc(C)[nH]c2c1. The normalized spacial score (nSPS) is 13.2. The number of rotatable bonds is 4. The molecule has 94 valence electrons. The summed E-state index contributed by atoms with van der Waals surface area (Å²) in [5.41, 5.74) is 2.86. The molecule has 0 fully saturated rings. The molecular weight excluding hydrogens is 230 g/mol. The lowest BCUT2D eigenvalue weighted by molar-refractivity contribution is -0.131. The number of carbonyl (C=O) groups is 1. The predicted molar refractivity (Wildman–Crippen MR) is 69.4 cm³/mol. The third-order valence-corrected chi connectivity index (χ3v) is 2.73. The van der Waals surface area contributed by atoms with Gasteiger partial charge in [-0.2, -0.15) is 0 Å². The predicted octanol–water partition coefficient (Wildman–Crippen LogP) is 1.77. The van der Waals surface area contributed by atoms with E-state index in [-0.39, 0.29) is 6.04 Å². The van der Waals surface area contributed by atoms with Crippen LogP contribution in [-0.4, -0.2) is 28.1 Å². The quantitative estimate of drug-likeness (QED) is 0.717. The lowest BCUT2D eigenvalue weighted by Gasteiger charge is -2.11. The zero-order chi connectivity index (χ0) is 13.1. The van der Waals surface area contributed by atoms with E-state index in [1.807, 2.05) is 25.1 Å². The Morgan fingerprint density at radius 3 is 3.00 bits per heavy atom. The van der Waals surface area contributed by atoms with Crippen LogP contribution in [0.15, 0.2) is 30.4 Å². The Balaban J connectivity index is 2.35. The van der Waals surface area contributed by atoms with Gasteiger partial charge in [0.15, 0.2) is 0 Å². The van der Waals surface area contributed by atoms with E-state index in [0.29, 0.717) is 0 Å². The number of fused-ring (bicyclic) bond motifs is 1. The Labute approximate surface area is 105 Å². The number of aliphatic carboxylic acids is 1. The number of carboxylic acid groups (broad SMARTS) is 1. The summed E-state index contributed by atoms with van der Waals surface area (Å²) in [7, 11) is 1.79. The number of hydrogen-bond donors (Lipinski definition) is 3. The van der Waals surface area contributed by atoms with Crippen LogP contribution in [0, 0.1) is 6.92 Å².